The number of rotatable bonds is 5. The van der Waals surface area contributed by atoms with Crippen LogP contribution in [0.5, 0.6) is 0 Å². The van der Waals surface area contributed by atoms with Gasteiger partial charge in [0.2, 0.25) is 0 Å². The molecule has 2 amide bonds. The summed E-state index contributed by atoms with van der Waals surface area (Å²) >= 11 is 6.53. The van der Waals surface area contributed by atoms with Gasteiger partial charge < -0.3 is 15.5 Å². The van der Waals surface area contributed by atoms with Gasteiger partial charge in [-0.1, -0.05) is 22.9 Å². The second kappa shape index (κ2) is 9.77. The number of pyridine rings is 1. The van der Waals surface area contributed by atoms with E-state index in [1.807, 2.05) is 0 Å². The van der Waals surface area contributed by atoms with Crippen molar-refractivity contribution in [3.63, 3.8) is 0 Å². The van der Waals surface area contributed by atoms with Gasteiger partial charge in [0, 0.05) is 54.8 Å². The van der Waals surface area contributed by atoms with Crippen molar-refractivity contribution >= 4 is 34.3 Å². The van der Waals surface area contributed by atoms with E-state index in [-0.39, 0.29) is 24.2 Å². The molecule has 1 aliphatic heterocycles. The third-order valence-electron chi connectivity index (χ3n) is 7.07. The molecule has 194 valence electrons. The topological polar surface area (TPSA) is 110 Å². The Labute approximate surface area is 223 Å². The van der Waals surface area contributed by atoms with Crippen LogP contribution in [0.2, 0.25) is 5.02 Å². The first-order valence-corrected chi connectivity index (χ1v) is 12.9. The van der Waals surface area contributed by atoms with E-state index < -0.39 is 0 Å². The van der Waals surface area contributed by atoms with E-state index in [0.29, 0.717) is 76.2 Å². The third kappa shape index (κ3) is 4.61. The molecule has 2 aromatic heterocycles. The van der Waals surface area contributed by atoms with Gasteiger partial charge in [-0.3, -0.25) is 9.59 Å². The molecule has 2 aliphatic rings. The molecule has 38 heavy (non-hydrogen) atoms. The smallest absolute Gasteiger partial charge is 0.276 e. The van der Waals surface area contributed by atoms with E-state index in [9.17, 15) is 14.0 Å². The summed E-state index contributed by atoms with van der Waals surface area (Å²) in [6.07, 6.45) is 3.84. The van der Waals surface area contributed by atoms with E-state index in [1.165, 1.54) is 6.07 Å². The average molecular weight is 534 g/mol. The highest BCUT2D eigenvalue weighted by atomic mass is 35.5. The van der Waals surface area contributed by atoms with Crippen molar-refractivity contribution in [2.75, 3.05) is 26.2 Å². The molecule has 2 fully saturated rings. The van der Waals surface area contributed by atoms with Crippen LogP contribution in [-0.2, 0) is 6.54 Å². The maximum atomic E-state index is 13.9. The lowest BCUT2D eigenvalue weighted by Gasteiger charge is -2.34. The SMILES string of the molecule is NCc1cc(-c2cc(Cl)c3ccc(C(=O)N4CCN(C(=O)c5cn(C6CC6)nn5)CC4)cc3n2)ccc1F. The molecule has 0 bridgehead atoms. The predicted molar refractivity (Wildman–Crippen MR) is 140 cm³/mol. The summed E-state index contributed by atoms with van der Waals surface area (Å²) in [5.74, 6) is -0.684. The zero-order valence-electron chi connectivity index (χ0n) is 20.5. The average Bonchev–Trinajstić information content (AvgIpc) is 3.68. The number of nitrogens with two attached hydrogens (primary N) is 1. The van der Waals surface area contributed by atoms with Gasteiger partial charge in [0.25, 0.3) is 11.8 Å². The monoisotopic (exact) mass is 533 g/mol. The van der Waals surface area contributed by atoms with Gasteiger partial charge in [-0.25, -0.2) is 14.1 Å². The molecule has 0 radical (unpaired) electrons. The molecule has 1 aliphatic carbocycles. The summed E-state index contributed by atoms with van der Waals surface area (Å²) in [6.45, 7) is 1.71. The Bertz CT molecular complexity index is 1560. The van der Waals surface area contributed by atoms with E-state index in [4.69, 9.17) is 22.3 Å². The largest absolute Gasteiger partial charge is 0.335 e. The van der Waals surface area contributed by atoms with Crippen molar-refractivity contribution in [2.24, 2.45) is 5.73 Å². The third-order valence-corrected chi connectivity index (χ3v) is 7.38. The fourth-order valence-corrected chi connectivity index (χ4v) is 4.97. The van der Waals surface area contributed by atoms with E-state index in [1.54, 1.807) is 57.1 Å². The highest BCUT2D eigenvalue weighted by Crippen LogP contribution is 2.34. The van der Waals surface area contributed by atoms with Crippen LogP contribution < -0.4 is 5.73 Å². The summed E-state index contributed by atoms with van der Waals surface area (Å²) < 4.78 is 15.7. The number of fused-ring (bicyclic) bond motifs is 1. The molecular weight excluding hydrogens is 509 g/mol. The first-order chi connectivity index (χ1) is 18.4. The van der Waals surface area contributed by atoms with Gasteiger partial charge in [-0.2, -0.15) is 0 Å². The molecule has 9 nitrogen and oxygen atoms in total. The van der Waals surface area contributed by atoms with E-state index in [2.05, 4.69) is 10.3 Å². The van der Waals surface area contributed by atoms with Crippen LogP contribution in [0.25, 0.3) is 22.2 Å². The molecule has 1 saturated carbocycles. The molecule has 1 saturated heterocycles. The van der Waals surface area contributed by atoms with Gasteiger partial charge in [0.1, 0.15) is 5.82 Å². The second-order valence-corrected chi connectivity index (χ2v) is 10.0. The Balaban J connectivity index is 1.18. The minimum atomic E-state index is -0.373. The van der Waals surface area contributed by atoms with Crippen LogP contribution in [0.1, 0.15) is 45.3 Å². The summed E-state index contributed by atoms with van der Waals surface area (Å²) in [6, 6.07) is 11.9. The summed E-state index contributed by atoms with van der Waals surface area (Å²) in [5, 5.41) is 9.29. The minimum Gasteiger partial charge on any atom is -0.335 e. The van der Waals surface area contributed by atoms with E-state index >= 15 is 0 Å². The first kappa shape index (κ1) is 24.4. The molecule has 6 rings (SSSR count). The number of benzene rings is 2. The standard InChI is InChI=1S/C27H25ClFN7O2/c28-21-13-23(16-2-6-22(29)18(11-16)14-30)31-24-12-17(1-5-20(21)24)26(37)34-7-9-35(10-8-34)27(38)25-15-36(33-32-25)19-3-4-19/h1-2,5-6,11-13,15,19H,3-4,7-10,14,30H2. The molecule has 0 unspecified atom stereocenters. The number of hydrogen-bond donors (Lipinski definition) is 1. The van der Waals surface area contributed by atoms with E-state index in [0.717, 1.165) is 12.8 Å². The lowest BCUT2D eigenvalue weighted by Crippen LogP contribution is -2.50. The van der Waals surface area contributed by atoms with Crippen LogP contribution in [0.4, 0.5) is 4.39 Å². The number of halogens is 2. The highest BCUT2D eigenvalue weighted by molar-refractivity contribution is 6.35. The van der Waals surface area contributed by atoms with Crippen molar-refractivity contribution < 1.29 is 14.0 Å². The lowest BCUT2D eigenvalue weighted by molar-refractivity contribution is 0.0532. The van der Waals surface area contributed by atoms with Crippen LogP contribution in [-0.4, -0.2) is 67.8 Å². The number of carbonyl (C=O) groups is 2. The van der Waals surface area contributed by atoms with Crippen molar-refractivity contribution in [1.29, 1.82) is 0 Å². The number of piperazine rings is 1. The molecule has 0 atom stereocenters. The Morgan fingerprint density at radius 1 is 1.00 bits per heavy atom. The summed E-state index contributed by atoms with van der Waals surface area (Å²) in [7, 11) is 0. The molecule has 2 N–H and O–H groups in total. The molecule has 0 spiro atoms. The van der Waals surface area contributed by atoms with Crippen LogP contribution in [0.15, 0.2) is 48.7 Å². The maximum Gasteiger partial charge on any atom is 0.276 e. The molecule has 2 aromatic carbocycles. The van der Waals surface area contributed by atoms with Gasteiger partial charge >= 0.3 is 0 Å². The number of hydrogen-bond acceptors (Lipinski definition) is 6. The minimum absolute atomic E-state index is 0.0686. The maximum absolute atomic E-state index is 13.9. The lowest BCUT2D eigenvalue weighted by atomic mass is 10.0. The zero-order valence-corrected chi connectivity index (χ0v) is 21.2. The van der Waals surface area contributed by atoms with Gasteiger partial charge in [0.05, 0.1) is 28.5 Å². The number of aromatic nitrogens is 4. The molecule has 4 aromatic rings. The Kier molecular flexibility index (Phi) is 6.29. The summed E-state index contributed by atoms with van der Waals surface area (Å²) in [4.78, 5) is 34.3. The first-order valence-electron chi connectivity index (χ1n) is 12.5. The van der Waals surface area contributed by atoms with Crippen molar-refractivity contribution in [3.8, 4) is 11.3 Å². The number of amides is 2. The molecule has 3 heterocycles. The fourth-order valence-electron chi connectivity index (χ4n) is 4.71. The van der Waals surface area contributed by atoms with Crippen molar-refractivity contribution in [1.82, 2.24) is 29.8 Å². The van der Waals surface area contributed by atoms with Gasteiger partial charge in [0.15, 0.2) is 5.69 Å². The highest BCUT2D eigenvalue weighted by Gasteiger charge is 2.29. The predicted octanol–water partition coefficient (Wildman–Crippen LogP) is 3.68. The Morgan fingerprint density at radius 2 is 1.74 bits per heavy atom. The molecule has 11 heteroatoms. The Hall–Kier alpha value is -3.89. The van der Waals surface area contributed by atoms with Crippen molar-refractivity contribution in [2.45, 2.75) is 25.4 Å². The normalized spacial score (nSPS) is 15.8. The summed E-state index contributed by atoms with van der Waals surface area (Å²) in [5.41, 5.74) is 8.66. The van der Waals surface area contributed by atoms with Crippen LogP contribution in [0, 0.1) is 5.82 Å². The second-order valence-electron chi connectivity index (χ2n) is 9.63. The number of carbonyl (C=O) groups excluding carboxylic acids is 2. The zero-order chi connectivity index (χ0) is 26.4. The quantitative estimate of drug-likeness (QED) is 0.419. The van der Waals surface area contributed by atoms with Gasteiger partial charge in [-0.05, 0) is 49.2 Å². The van der Waals surface area contributed by atoms with Crippen LogP contribution in [0.3, 0.4) is 0 Å². The van der Waals surface area contributed by atoms with Crippen LogP contribution >= 0.6 is 11.6 Å². The molecular formula is C27H25ClFN7O2. The van der Waals surface area contributed by atoms with Gasteiger partial charge in [-0.15, -0.1) is 5.10 Å². The number of nitrogens with zero attached hydrogens (tertiary/aromatic N) is 6. The Morgan fingerprint density at radius 3 is 2.45 bits per heavy atom. The fraction of sp³-hybridized carbons (Fsp3) is 0.296. The van der Waals surface area contributed by atoms with Crippen molar-refractivity contribution in [3.05, 3.63) is 76.3 Å².